The molecule has 134 valence electrons. The second kappa shape index (κ2) is 11.6. The minimum atomic E-state index is -1.14. The van der Waals surface area contributed by atoms with E-state index in [9.17, 15) is 20.1 Å². The van der Waals surface area contributed by atoms with Crippen molar-refractivity contribution in [3.8, 4) is 0 Å². The number of carbonyl (C=O) groups excluding carboxylic acids is 1. The lowest BCUT2D eigenvalue weighted by molar-refractivity contribution is -0.162. The van der Waals surface area contributed by atoms with Crippen molar-refractivity contribution in [1.82, 2.24) is 0 Å². The first kappa shape index (κ1) is 20.1. The van der Waals surface area contributed by atoms with E-state index in [2.05, 4.69) is 6.58 Å². The second-order valence-corrected chi connectivity index (χ2v) is 6.02. The Labute approximate surface area is 138 Å². The van der Waals surface area contributed by atoms with E-state index in [1.54, 1.807) is 0 Å². The molecule has 0 bridgehead atoms. The molecule has 23 heavy (non-hydrogen) atoms. The zero-order valence-electron chi connectivity index (χ0n) is 13.7. The molecule has 0 spiro atoms. The highest BCUT2D eigenvalue weighted by Crippen LogP contribution is 2.20. The van der Waals surface area contributed by atoms with Gasteiger partial charge in [-0.2, -0.15) is 0 Å². The molecule has 0 amide bonds. The lowest BCUT2D eigenvalue weighted by Gasteiger charge is -2.24. The van der Waals surface area contributed by atoms with Crippen LogP contribution in [0, 0.1) is 0 Å². The van der Waals surface area contributed by atoms with Crippen LogP contribution < -0.4 is 0 Å². The number of esters is 1. The summed E-state index contributed by atoms with van der Waals surface area (Å²) in [5.74, 6) is -0.409. The Morgan fingerprint density at radius 1 is 1.22 bits per heavy atom. The van der Waals surface area contributed by atoms with Crippen LogP contribution >= 0.6 is 0 Å². The minimum Gasteiger partial charge on any atom is -0.457 e. The van der Waals surface area contributed by atoms with Gasteiger partial charge in [0, 0.05) is 6.42 Å². The molecule has 1 rings (SSSR count). The zero-order valence-corrected chi connectivity index (χ0v) is 13.7. The van der Waals surface area contributed by atoms with Gasteiger partial charge in [0.15, 0.2) is 6.10 Å². The number of unbranched alkanes of at least 4 members (excludes halogenated alkanes) is 6. The van der Waals surface area contributed by atoms with Crippen molar-refractivity contribution in [3.63, 3.8) is 0 Å². The number of rotatable bonds is 12. The third kappa shape index (κ3) is 7.44. The SMILES string of the molecule is C=CCCCCCCCCC(=O)O[C@H](CO)[C@H]1OC[C@H](O)[C@H]1O. The largest absolute Gasteiger partial charge is 0.457 e. The van der Waals surface area contributed by atoms with Crippen LogP contribution in [0.4, 0.5) is 0 Å². The summed E-state index contributed by atoms with van der Waals surface area (Å²) in [4.78, 5) is 11.8. The lowest BCUT2D eigenvalue weighted by Crippen LogP contribution is -2.43. The number of hydrogen-bond donors (Lipinski definition) is 3. The summed E-state index contributed by atoms with van der Waals surface area (Å²) in [6, 6.07) is 0. The van der Waals surface area contributed by atoms with Crippen LogP contribution in [-0.2, 0) is 14.3 Å². The highest BCUT2D eigenvalue weighted by molar-refractivity contribution is 5.69. The highest BCUT2D eigenvalue weighted by Gasteiger charge is 2.41. The summed E-state index contributed by atoms with van der Waals surface area (Å²) < 4.78 is 10.3. The maximum absolute atomic E-state index is 11.8. The Balaban J connectivity index is 2.13. The van der Waals surface area contributed by atoms with Crippen LogP contribution in [0.5, 0.6) is 0 Å². The average molecular weight is 330 g/mol. The number of hydrogen-bond acceptors (Lipinski definition) is 6. The Hall–Kier alpha value is -0.950. The molecule has 0 aromatic heterocycles. The highest BCUT2D eigenvalue weighted by atomic mass is 16.6. The van der Waals surface area contributed by atoms with E-state index < -0.39 is 37.0 Å². The minimum absolute atomic E-state index is 0.0221. The number of aliphatic hydroxyl groups excluding tert-OH is 3. The van der Waals surface area contributed by atoms with E-state index in [0.717, 1.165) is 32.1 Å². The van der Waals surface area contributed by atoms with Gasteiger partial charge in [-0.05, 0) is 19.3 Å². The van der Waals surface area contributed by atoms with E-state index in [0.29, 0.717) is 0 Å². The van der Waals surface area contributed by atoms with Crippen molar-refractivity contribution in [3.05, 3.63) is 12.7 Å². The molecule has 1 heterocycles. The first-order chi connectivity index (χ1) is 11.1. The zero-order chi connectivity index (χ0) is 17.1. The molecule has 0 aromatic rings. The Kier molecular flexibility index (Phi) is 10.1. The molecular weight excluding hydrogens is 300 g/mol. The van der Waals surface area contributed by atoms with Gasteiger partial charge in [0.1, 0.15) is 18.3 Å². The van der Waals surface area contributed by atoms with E-state index in [1.807, 2.05) is 6.08 Å². The van der Waals surface area contributed by atoms with Gasteiger partial charge in [-0.1, -0.05) is 31.8 Å². The van der Waals surface area contributed by atoms with Gasteiger partial charge in [-0.3, -0.25) is 4.79 Å². The standard InChI is InChI=1S/C17H30O6/c1-2-3-4-5-6-7-8-9-10-15(20)23-14(11-18)17-16(21)13(19)12-22-17/h2,13-14,16-19,21H,1,3-12H2/t13-,14+,16+,17+/m0/s1. The Morgan fingerprint density at radius 3 is 2.43 bits per heavy atom. The summed E-state index contributed by atoms with van der Waals surface area (Å²) in [7, 11) is 0. The van der Waals surface area contributed by atoms with Gasteiger partial charge < -0.3 is 24.8 Å². The average Bonchev–Trinajstić information content (AvgIpc) is 2.87. The molecule has 1 saturated heterocycles. The summed E-state index contributed by atoms with van der Waals surface area (Å²) in [5, 5.41) is 28.4. The van der Waals surface area contributed by atoms with Gasteiger partial charge >= 0.3 is 5.97 Å². The smallest absolute Gasteiger partial charge is 0.306 e. The van der Waals surface area contributed by atoms with Crippen LogP contribution in [0.1, 0.15) is 51.4 Å². The first-order valence-corrected chi connectivity index (χ1v) is 8.49. The number of carbonyl (C=O) groups is 1. The molecule has 0 aliphatic carbocycles. The maximum atomic E-state index is 11.8. The van der Waals surface area contributed by atoms with Crippen molar-refractivity contribution in [2.45, 2.75) is 75.8 Å². The van der Waals surface area contributed by atoms with Crippen LogP contribution in [0.25, 0.3) is 0 Å². The van der Waals surface area contributed by atoms with Gasteiger partial charge in [-0.25, -0.2) is 0 Å². The third-order valence-corrected chi connectivity index (χ3v) is 4.06. The quantitative estimate of drug-likeness (QED) is 0.284. The molecule has 6 heteroatoms. The van der Waals surface area contributed by atoms with Crippen LogP contribution in [0.3, 0.4) is 0 Å². The molecule has 3 N–H and O–H groups in total. The fourth-order valence-corrected chi connectivity index (χ4v) is 2.65. The van der Waals surface area contributed by atoms with Crippen LogP contribution in [0.15, 0.2) is 12.7 Å². The fraction of sp³-hybridized carbons (Fsp3) is 0.824. The molecule has 1 fully saturated rings. The van der Waals surface area contributed by atoms with Crippen molar-refractivity contribution in [2.24, 2.45) is 0 Å². The van der Waals surface area contributed by atoms with Crippen molar-refractivity contribution < 1.29 is 29.6 Å². The molecule has 1 aliphatic rings. The first-order valence-electron chi connectivity index (χ1n) is 8.49. The summed E-state index contributed by atoms with van der Waals surface area (Å²) in [6.45, 7) is 3.22. The summed E-state index contributed by atoms with van der Waals surface area (Å²) in [6.07, 6.45) is 5.62. The van der Waals surface area contributed by atoms with Crippen molar-refractivity contribution >= 4 is 5.97 Å². The topological polar surface area (TPSA) is 96.2 Å². The molecule has 6 nitrogen and oxygen atoms in total. The van der Waals surface area contributed by atoms with E-state index >= 15 is 0 Å². The van der Waals surface area contributed by atoms with Gasteiger partial charge in [-0.15, -0.1) is 6.58 Å². The molecule has 4 atom stereocenters. The molecule has 0 unspecified atom stereocenters. The van der Waals surface area contributed by atoms with Gasteiger partial charge in [0.25, 0.3) is 0 Å². The Morgan fingerprint density at radius 2 is 1.87 bits per heavy atom. The summed E-state index contributed by atoms with van der Waals surface area (Å²) in [5.41, 5.74) is 0. The fourth-order valence-electron chi connectivity index (χ4n) is 2.65. The number of ether oxygens (including phenoxy) is 2. The maximum Gasteiger partial charge on any atom is 0.306 e. The third-order valence-electron chi connectivity index (χ3n) is 4.06. The van der Waals surface area contributed by atoms with E-state index in [1.165, 1.54) is 12.8 Å². The van der Waals surface area contributed by atoms with Gasteiger partial charge in [0.2, 0.25) is 0 Å². The Bertz CT molecular complexity index is 346. The molecule has 0 aromatic carbocycles. The predicted molar refractivity (Wildman–Crippen MR) is 85.9 cm³/mol. The normalized spacial score (nSPS) is 25.3. The molecule has 0 saturated carbocycles. The van der Waals surface area contributed by atoms with E-state index in [-0.39, 0.29) is 13.0 Å². The predicted octanol–water partition coefficient (Wildman–Crippen LogP) is 1.32. The number of aliphatic hydroxyl groups is 3. The van der Waals surface area contributed by atoms with Crippen molar-refractivity contribution in [1.29, 1.82) is 0 Å². The van der Waals surface area contributed by atoms with Crippen molar-refractivity contribution in [2.75, 3.05) is 13.2 Å². The second-order valence-electron chi connectivity index (χ2n) is 6.02. The van der Waals surface area contributed by atoms with Gasteiger partial charge in [0.05, 0.1) is 13.2 Å². The summed E-state index contributed by atoms with van der Waals surface area (Å²) >= 11 is 0. The van der Waals surface area contributed by atoms with Crippen LogP contribution in [-0.4, -0.2) is 58.9 Å². The van der Waals surface area contributed by atoms with Crippen LogP contribution in [0.2, 0.25) is 0 Å². The van der Waals surface area contributed by atoms with E-state index in [4.69, 9.17) is 9.47 Å². The molecular formula is C17H30O6. The molecule has 1 aliphatic heterocycles. The molecule has 0 radical (unpaired) electrons. The monoisotopic (exact) mass is 330 g/mol. The number of allylic oxidation sites excluding steroid dienone is 1. The lowest BCUT2D eigenvalue weighted by atomic mass is 10.1.